The van der Waals surface area contributed by atoms with Gasteiger partial charge in [0.25, 0.3) is 0 Å². The average molecular weight is 312 g/mol. The van der Waals surface area contributed by atoms with E-state index in [4.69, 9.17) is 9.47 Å². The third kappa shape index (κ3) is 2.19. The Labute approximate surface area is 114 Å². The van der Waals surface area contributed by atoms with Gasteiger partial charge in [0.05, 0.1) is 5.69 Å². The molecule has 1 aromatic rings. The Morgan fingerprint density at radius 2 is 1.94 bits per heavy atom. The lowest BCUT2D eigenvalue weighted by Gasteiger charge is -2.20. The molecule has 0 spiro atoms. The number of fused-ring (bicyclic) bond motifs is 1. The van der Waals surface area contributed by atoms with Crippen LogP contribution in [-0.4, -0.2) is 19.1 Å². The Bertz CT molecular complexity index is 503. The maximum Gasteiger partial charge on any atom is 0.227 e. The number of halogens is 1. The predicted octanol–water partition coefficient (Wildman–Crippen LogP) is 2.81. The highest BCUT2D eigenvalue weighted by Gasteiger charge is 2.39. The Morgan fingerprint density at radius 1 is 1.33 bits per heavy atom. The summed E-state index contributed by atoms with van der Waals surface area (Å²) in [5.74, 6) is 2.14. The van der Waals surface area contributed by atoms with Crippen molar-refractivity contribution in [3.63, 3.8) is 0 Å². The summed E-state index contributed by atoms with van der Waals surface area (Å²) < 4.78 is 11.8. The van der Waals surface area contributed by atoms with E-state index in [9.17, 15) is 4.79 Å². The van der Waals surface area contributed by atoms with E-state index in [1.54, 1.807) is 0 Å². The van der Waals surface area contributed by atoms with Crippen LogP contribution < -0.4 is 14.8 Å². The molecular formula is C13H14BrNO3. The summed E-state index contributed by atoms with van der Waals surface area (Å²) in [5.41, 5.74) is 0.739. The molecule has 0 aromatic heterocycles. The quantitative estimate of drug-likeness (QED) is 0.913. The van der Waals surface area contributed by atoms with Crippen LogP contribution in [0.15, 0.2) is 16.6 Å². The first-order valence-electron chi connectivity index (χ1n) is 6.05. The van der Waals surface area contributed by atoms with Gasteiger partial charge < -0.3 is 14.8 Å². The van der Waals surface area contributed by atoms with Gasteiger partial charge >= 0.3 is 0 Å². The first-order chi connectivity index (χ1) is 8.65. The largest absolute Gasteiger partial charge is 0.486 e. The fourth-order valence-electron chi connectivity index (χ4n) is 2.07. The first kappa shape index (κ1) is 11.8. The first-order valence-corrected chi connectivity index (χ1v) is 6.84. The van der Waals surface area contributed by atoms with Crippen molar-refractivity contribution in [1.29, 1.82) is 0 Å². The SMILES string of the molecule is C[C@H]1C[C@@H]1C(=O)Nc1cc2c(cc1Br)OCCO2. The maximum atomic E-state index is 11.9. The molecule has 1 aromatic carbocycles. The molecule has 1 aliphatic carbocycles. The van der Waals surface area contributed by atoms with Crippen molar-refractivity contribution in [2.24, 2.45) is 11.8 Å². The van der Waals surface area contributed by atoms with Crippen LogP contribution in [-0.2, 0) is 4.79 Å². The minimum Gasteiger partial charge on any atom is -0.486 e. The van der Waals surface area contributed by atoms with Gasteiger partial charge in [0.2, 0.25) is 5.91 Å². The van der Waals surface area contributed by atoms with E-state index in [2.05, 4.69) is 28.2 Å². The molecule has 1 saturated carbocycles. The molecule has 0 bridgehead atoms. The number of ether oxygens (including phenoxy) is 2. The van der Waals surface area contributed by atoms with Gasteiger partial charge in [0.15, 0.2) is 11.5 Å². The molecule has 1 amide bonds. The third-order valence-electron chi connectivity index (χ3n) is 3.34. The molecular weight excluding hydrogens is 298 g/mol. The van der Waals surface area contributed by atoms with E-state index >= 15 is 0 Å². The van der Waals surface area contributed by atoms with E-state index in [0.29, 0.717) is 30.6 Å². The van der Waals surface area contributed by atoms with E-state index < -0.39 is 0 Å². The van der Waals surface area contributed by atoms with Crippen molar-refractivity contribution in [2.45, 2.75) is 13.3 Å². The molecule has 18 heavy (non-hydrogen) atoms. The number of carbonyl (C=O) groups excluding carboxylic acids is 1. The predicted molar refractivity (Wildman–Crippen MR) is 71.0 cm³/mol. The topological polar surface area (TPSA) is 47.6 Å². The summed E-state index contributed by atoms with van der Waals surface area (Å²) in [6.07, 6.45) is 0.980. The average Bonchev–Trinajstić information content (AvgIpc) is 3.07. The van der Waals surface area contributed by atoms with Gasteiger partial charge in [-0.1, -0.05) is 6.92 Å². The molecule has 0 unspecified atom stereocenters. The number of amides is 1. The molecule has 1 aliphatic heterocycles. The van der Waals surface area contributed by atoms with Gasteiger partial charge in [-0.25, -0.2) is 0 Å². The van der Waals surface area contributed by atoms with Gasteiger partial charge in [-0.15, -0.1) is 0 Å². The summed E-state index contributed by atoms with van der Waals surface area (Å²) in [6, 6.07) is 3.64. The summed E-state index contributed by atoms with van der Waals surface area (Å²) >= 11 is 3.44. The van der Waals surface area contributed by atoms with Crippen LogP contribution in [0.1, 0.15) is 13.3 Å². The monoisotopic (exact) mass is 311 g/mol. The Morgan fingerprint density at radius 3 is 2.56 bits per heavy atom. The van der Waals surface area contributed by atoms with Gasteiger partial charge in [-0.3, -0.25) is 4.79 Å². The summed E-state index contributed by atoms with van der Waals surface area (Å²) in [4.78, 5) is 11.9. The molecule has 3 rings (SSSR count). The molecule has 2 aliphatic rings. The van der Waals surface area contributed by atoms with E-state index in [0.717, 1.165) is 16.6 Å². The van der Waals surface area contributed by atoms with Gasteiger partial charge in [-0.05, 0) is 28.3 Å². The molecule has 1 heterocycles. The molecule has 1 N–H and O–H groups in total. The fraction of sp³-hybridized carbons (Fsp3) is 0.462. The Hall–Kier alpha value is -1.23. The molecule has 4 nitrogen and oxygen atoms in total. The van der Waals surface area contributed by atoms with E-state index in [1.807, 2.05) is 12.1 Å². The van der Waals surface area contributed by atoms with Gasteiger partial charge in [-0.2, -0.15) is 0 Å². The van der Waals surface area contributed by atoms with Crippen molar-refractivity contribution in [1.82, 2.24) is 0 Å². The van der Waals surface area contributed by atoms with Crippen LogP contribution in [0.5, 0.6) is 11.5 Å². The number of benzene rings is 1. The van der Waals surface area contributed by atoms with Crippen molar-refractivity contribution in [3.8, 4) is 11.5 Å². The highest BCUT2D eigenvalue weighted by molar-refractivity contribution is 9.10. The van der Waals surface area contributed by atoms with Gasteiger partial charge in [0.1, 0.15) is 13.2 Å². The van der Waals surface area contributed by atoms with Crippen LogP contribution in [0.3, 0.4) is 0 Å². The molecule has 5 heteroatoms. The minimum absolute atomic E-state index is 0.0832. The minimum atomic E-state index is 0.0832. The highest BCUT2D eigenvalue weighted by Crippen LogP contribution is 2.41. The Balaban J connectivity index is 1.81. The summed E-state index contributed by atoms with van der Waals surface area (Å²) in [7, 11) is 0. The zero-order chi connectivity index (χ0) is 12.7. The third-order valence-corrected chi connectivity index (χ3v) is 3.99. The lowest BCUT2D eigenvalue weighted by molar-refractivity contribution is -0.117. The second-order valence-corrected chi connectivity index (χ2v) is 5.64. The van der Waals surface area contributed by atoms with Crippen LogP contribution >= 0.6 is 15.9 Å². The number of hydrogen-bond donors (Lipinski definition) is 1. The summed E-state index contributed by atoms with van der Waals surface area (Å²) in [6.45, 7) is 3.19. The zero-order valence-corrected chi connectivity index (χ0v) is 11.6. The Kier molecular flexibility index (Phi) is 2.93. The lowest BCUT2D eigenvalue weighted by atomic mass is 10.2. The van der Waals surface area contributed by atoms with Crippen molar-refractivity contribution in [3.05, 3.63) is 16.6 Å². The van der Waals surface area contributed by atoms with Crippen LogP contribution in [0.25, 0.3) is 0 Å². The van der Waals surface area contributed by atoms with E-state index in [1.165, 1.54) is 0 Å². The number of rotatable bonds is 2. The molecule has 0 radical (unpaired) electrons. The van der Waals surface area contributed by atoms with Crippen LogP contribution in [0, 0.1) is 11.8 Å². The fourth-order valence-corrected chi connectivity index (χ4v) is 2.49. The number of nitrogens with one attached hydrogen (secondary N) is 1. The standard InChI is InChI=1S/C13H14BrNO3/c1-7-4-8(7)13(16)15-10-6-12-11(5-9(10)14)17-2-3-18-12/h5-8H,2-4H2,1H3,(H,15,16)/t7-,8-/m0/s1. The second kappa shape index (κ2) is 4.46. The number of hydrogen-bond acceptors (Lipinski definition) is 3. The van der Waals surface area contributed by atoms with Crippen molar-refractivity contribution in [2.75, 3.05) is 18.5 Å². The van der Waals surface area contributed by atoms with Crippen molar-refractivity contribution >= 4 is 27.5 Å². The normalized spacial score (nSPS) is 24.6. The second-order valence-electron chi connectivity index (χ2n) is 4.78. The maximum absolute atomic E-state index is 11.9. The zero-order valence-electron chi connectivity index (χ0n) is 10.0. The molecule has 0 saturated heterocycles. The summed E-state index contributed by atoms with van der Waals surface area (Å²) in [5, 5.41) is 2.93. The molecule has 2 atom stereocenters. The van der Waals surface area contributed by atoms with Crippen LogP contribution in [0.2, 0.25) is 0 Å². The van der Waals surface area contributed by atoms with Crippen LogP contribution in [0.4, 0.5) is 5.69 Å². The molecule has 1 fully saturated rings. The van der Waals surface area contributed by atoms with Gasteiger partial charge in [0, 0.05) is 22.5 Å². The lowest BCUT2D eigenvalue weighted by Crippen LogP contribution is -2.17. The van der Waals surface area contributed by atoms with Crippen molar-refractivity contribution < 1.29 is 14.3 Å². The molecule has 96 valence electrons. The number of carbonyl (C=O) groups is 1. The highest BCUT2D eigenvalue weighted by atomic mass is 79.9. The smallest absolute Gasteiger partial charge is 0.227 e. The van der Waals surface area contributed by atoms with E-state index in [-0.39, 0.29) is 11.8 Å². The number of anilines is 1.